The number of ether oxygens (including phenoxy) is 1. The molecule has 0 unspecified atom stereocenters. The SMILES string of the molecule is CNCCCC(=O)NCCCCOc1ccc(F)cc1.Cl. The molecule has 1 aromatic carbocycles. The lowest BCUT2D eigenvalue weighted by Gasteiger charge is -2.07. The lowest BCUT2D eigenvalue weighted by molar-refractivity contribution is -0.121. The van der Waals surface area contributed by atoms with Gasteiger partial charge in [-0.3, -0.25) is 4.79 Å². The smallest absolute Gasteiger partial charge is 0.220 e. The van der Waals surface area contributed by atoms with Gasteiger partial charge in [-0.15, -0.1) is 12.4 Å². The van der Waals surface area contributed by atoms with Gasteiger partial charge in [0.15, 0.2) is 0 Å². The van der Waals surface area contributed by atoms with E-state index in [2.05, 4.69) is 10.6 Å². The second-order valence-electron chi connectivity index (χ2n) is 4.57. The summed E-state index contributed by atoms with van der Waals surface area (Å²) in [7, 11) is 1.87. The highest BCUT2D eigenvalue weighted by atomic mass is 35.5. The minimum Gasteiger partial charge on any atom is -0.494 e. The summed E-state index contributed by atoms with van der Waals surface area (Å²) in [6.45, 7) is 2.10. The maximum atomic E-state index is 12.7. The first-order valence-corrected chi connectivity index (χ1v) is 7.02. The number of unbranched alkanes of at least 4 members (excludes halogenated alkanes) is 1. The van der Waals surface area contributed by atoms with Crippen molar-refractivity contribution in [3.05, 3.63) is 30.1 Å². The van der Waals surface area contributed by atoms with E-state index in [9.17, 15) is 9.18 Å². The molecule has 0 saturated carbocycles. The molecule has 21 heavy (non-hydrogen) atoms. The molecule has 0 bridgehead atoms. The molecule has 0 radical (unpaired) electrons. The van der Waals surface area contributed by atoms with Crippen molar-refractivity contribution in [3.8, 4) is 5.75 Å². The molecule has 120 valence electrons. The number of amides is 1. The highest BCUT2D eigenvalue weighted by Crippen LogP contribution is 2.11. The van der Waals surface area contributed by atoms with Crippen molar-refractivity contribution in [2.45, 2.75) is 25.7 Å². The number of carbonyl (C=O) groups excluding carboxylic acids is 1. The number of benzene rings is 1. The monoisotopic (exact) mass is 318 g/mol. The van der Waals surface area contributed by atoms with Crippen LogP contribution in [0.4, 0.5) is 4.39 Å². The van der Waals surface area contributed by atoms with E-state index in [1.54, 1.807) is 12.1 Å². The van der Waals surface area contributed by atoms with Crippen molar-refractivity contribution in [1.82, 2.24) is 10.6 Å². The van der Waals surface area contributed by atoms with Crippen molar-refractivity contribution in [2.24, 2.45) is 0 Å². The fourth-order valence-corrected chi connectivity index (χ4v) is 1.69. The van der Waals surface area contributed by atoms with Crippen LogP contribution in [0.2, 0.25) is 0 Å². The lowest BCUT2D eigenvalue weighted by atomic mass is 10.2. The molecule has 6 heteroatoms. The predicted octanol–water partition coefficient (Wildman–Crippen LogP) is 2.52. The van der Waals surface area contributed by atoms with Crippen LogP contribution in [0, 0.1) is 5.82 Å². The van der Waals surface area contributed by atoms with Crippen LogP contribution in [0.3, 0.4) is 0 Å². The van der Waals surface area contributed by atoms with Crippen LogP contribution >= 0.6 is 12.4 Å². The fourth-order valence-electron chi connectivity index (χ4n) is 1.69. The van der Waals surface area contributed by atoms with E-state index in [-0.39, 0.29) is 24.1 Å². The molecule has 0 fully saturated rings. The van der Waals surface area contributed by atoms with Gasteiger partial charge in [-0.2, -0.15) is 0 Å². The number of rotatable bonds is 10. The van der Waals surface area contributed by atoms with Gasteiger partial charge in [-0.25, -0.2) is 4.39 Å². The Kier molecular flexibility index (Phi) is 11.6. The molecule has 2 N–H and O–H groups in total. The minimum absolute atomic E-state index is 0. The lowest BCUT2D eigenvalue weighted by Crippen LogP contribution is -2.25. The van der Waals surface area contributed by atoms with Crippen LogP contribution < -0.4 is 15.4 Å². The Labute approximate surface area is 131 Å². The Morgan fingerprint density at radius 3 is 2.52 bits per heavy atom. The van der Waals surface area contributed by atoms with Crippen molar-refractivity contribution in [3.63, 3.8) is 0 Å². The molecule has 1 aromatic rings. The van der Waals surface area contributed by atoms with Crippen LogP contribution in [0.25, 0.3) is 0 Å². The molecule has 1 rings (SSSR count). The van der Waals surface area contributed by atoms with E-state index >= 15 is 0 Å². The van der Waals surface area contributed by atoms with Gasteiger partial charge in [-0.05, 0) is 57.1 Å². The van der Waals surface area contributed by atoms with Crippen LogP contribution in [-0.4, -0.2) is 32.7 Å². The molecule has 1 amide bonds. The molecule has 4 nitrogen and oxygen atoms in total. The van der Waals surface area contributed by atoms with Crippen LogP contribution in [0.5, 0.6) is 5.75 Å². The van der Waals surface area contributed by atoms with E-state index in [4.69, 9.17) is 4.74 Å². The van der Waals surface area contributed by atoms with Crippen LogP contribution in [0.1, 0.15) is 25.7 Å². The molecule has 0 aromatic heterocycles. The zero-order chi connectivity index (χ0) is 14.6. The van der Waals surface area contributed by atoms with E-state index in [1.165, 1.54) is 12.1 Å². The summed E-state index contributed by atoms with van der Waals surface area (Å²) in [6, 6.07) is 5.97. The van der Waals surface area contributed by atoms with Crippen molar-refractivity contribution in [2.75, 3.05) is 26.7 Å². The number of halogens is 2. The summed E-state index contributed by atoms with van der Waals surface area (Å²) in [5, 5.41) is 5.88. The molecule has 0 aliphatic heterocycles. The number of nitrogens with one attached hydrogen (secondary N) is 2. The quantitative estimate of drug-likeness (QED) is 0.652. The zero-order valence-corrected chi connectivity index (χ0v) is 13.2. The molecular formula is C15H24ClFN2O2. The second-order valence-corrected chi connectivity index (χ2v) is 4.57. The van der Waals surface area contributed by atoms with E-state index in [0.29, 0.717) is 25.3 Å². The average molecular weight is 319 g/mol. The van der Waals surface area contributed by atoms with Crippen molar-refractivity contribution < 1.29 is 13.9 Å². The Balaban J connectivity index is 0.00000400. The summed E-state index contributed by atoms with van der Waals surface area (Å²) in [5.41, 5.74) is 0. The van der Waals surface area contributed by atoms with Crippen molar-refractivity contribution >= 4 is 18.3 Å². The normalized spacial score (nSPS) is 9.81. The topological polar surface area (TPSA) is 50.4 Å². The summed E-state index contributed by atoms with van der Waals surface area (Å²) < 4.78 is 18.1. The Bertz CT molecular complexity index is 388. The molecule has 0 saturated heterocycles. The highest BCUT2D eigenvalue weighted by molar-refractivity contribution is 5.85. The van der Waals surface area contributed by atoms with Gasteiger partial charge in [0.2, 0.25) is 5.91 Å². The first kappa shape index (κ1) is 19.7. The fraction of sp³-hybridized carbons (Fsp3) is 0.533. The first-order valence-electron chi connectivity index (χ1n) is 7.02. The predicted molar refractivity (Wildman–Crippen MR) is 84.5 cm³/mol. The van der Waals surface area contributed by atoms with E-state index in [0.717, 1.165) is 25.8 Å². The second kappa shape index (κ2) is 12.4. The standard InChI is InChI=1S/C15H23FN2O2.ClH/c1-17-10-4-5-15(19)18-11-2-3-12-20-14-8-6-13(16)7-9-14;/h6-9,17H,2-5,10-12H2,1H3,(H,18,19);1H. The molecule has 0 heterocycles. The number of carbonyl (C=O) groups is 1. The molecular weight excluding hydrogens is 295 g/mol. The van der Waals surface area contributed by atoms with Crippen LogP contribution in [0.15, 0.2) is 24.3 Å². The molecule has 0 aliphatic carbocycles. The minimum atomic E-state index is -0.265. The van der Waals surface area contributed by atoms with Gasteiger partial charge in [0, 0.05) is 13.0 Å². The zero-order valence-electron chi connectivity index (χ0n) is 12.4. The van der Waals surface area contributed by atoms with Gasteiger partial charge >= 0.3 is 0 Å². The maximum absolute atomic E-state index is 12.7. The summed E-state index contributed by atoms with van der Waals surface area (Å²) in [4.78, 5) is 11.4. The summed E-state index contributed by atoms with van der Waals surface area (Å²) in [6.07, 6.45) is 3.15. The van der Waals surface area contributed by atoms with E-state index in [1.807, 2.05) is 7.05 Å². The molecule has 0 spiro atoms. The van der Waals surface area contributed by atoms with Gasteiger partial charge in [-0.1, -0.05) is 0 Å². The van der Waals surface area contributed by atoms with Gasteiger partial charge in [0.25, 0.3) is 0 Å². The third-order valence-electron chi connectivity index (χ3n) is 2.81. The molecule has 0 atom stereocenters. The first-order chi connectivity index (χ1) is 9.72. The Morgan fingerprint density at radius 2 is 1.86 bits per heavy atom. The Morgan fingerprint density at radius 1 is 1.14 bits per heavy atom. The van der Waals surface area contributed by atoms with E-state index < -0.39 is 0 Å². The Hall–Kier alpha value is -1.33. The highest BCUT2D eigenvalue weighted by Gasteiger charge is 2.00. The molecule has 0 aliphatic rings. The largest absolute Gasteiger partial charge is 0.494 e. The van der Waals surface area contributed by atoms with Gasteiger partial charge in [0.1, 0.15) is 11.6 Å². The average Bonchev–Trinajstić information content (AvgIpc) is 2.45. The van der Waals surface area contributed by atoms with Crippen LogP contribution in [-0.2, 0) is 4.79 Å². The van der Waals surface area contributed by atoms with Crippen molar-refractivity contribution in [1.29, 1.82) is 0 Å². The third kappa shape index (κ3) is 10.1. The number of hydrogen-bond donors (Lipinski definition) is 2. The third-order valence-corrected chi connectivity index (χ3v) is 2.81. The van der Waals surface area contributed by atoms with Gasteiger partial charge in [0.05, 0.1) is 6.61 Å². The summed E-state index contributed by atoms with van der Waals surface area (Å²) >= 11 is 0. The number of hydrogen-bond acceptors (Lipinski definition) is 3. The summed E-state index contributed by atoms with van der Waals surface area (Å²) in [5.74, 6) is 0.500. The van der Waals surface area contributed by atoms with Gasteiger partial charge < -0.3 is 15.4 Å². The maximum Gasteiger partial charge on any atom is 0.220 e.